The maximum Gasteiger partial charge on any atom is 0.179 e. The topological polar surface area (TPSA) is 70.5 Å². The fourth-order valence-corrected chi connectivity index (χ4v) is 5.19. The van der Waals surface area contributed by atoms with Gasteiger partial charge in [0.2, 0.25) is 0 Å². The third kappa shape index (κ3) is 5.23. The van der Waals surface area contributed by atoms with Crippen LogP contribution in [0.1, 0.15) is 22.3 Å². The first kappa shape index (κ1) is 21.7. The van der Waals surface area contributed by atoms with Crippen molar-refractivity contribution in [1.29, 1.82) is 4.78 Å². The maximum absolute atomic E-state index is 12.4. The van der Waals surface area contributed by atoms with E-state index < -0.39 is 20.5 Å². The van der Waals surface area contributed by atoms with Gasteiger partial charge in [0.05, 0.1) is 0 Å². The van der Waals surface area contributed by atoms with Crippen LogP contribution in [0, 0.1) is 4.78 Å². The minimum atomic E-state index is -3.43. The van der Waals surface area contributed by atoms with Gasteiger partial charge in [-0.15, -0.1) is 0 Å². The van der Waals surface area contributed by atoms with Gasteiger partial charge in [-0.1, -0.05) is 53.2 Å². The number of hydrogen-bond acceptors (Lipinski definition) is 5. The van der Waals surface area contributed by atoms with Gasteiger partial charge in [0.25, 0.3) is 0 Å². The summed E-state index contributed by atoms with van der Waals surface area (Å²) in [7, 11) is -3.97. The quantitative estimate of drug-likeness (QED) is 0.568. The lowest BCUT2D eigenvalue weighted by Crippen LogP contribution is -2.16. The van der Waals surface area contributed by atoms with Crippen LogP contribution in [-0.2, 0) is 46.8 Å². The molecule has 0 amide bonds. The second-order valence-corrected chi connectivity index (χ2v) is 11.4. The number of hydrogen-bond donors (Lipinski definition) is 1. The van der Waals surface area contributed by atoms with Crippen LogP contribution < -0.4 is 4.74 Å². The van der Waals surface area contributed by atoms with Crippen molar-refractivity contribution < 1.29 is 13.2 Å². The van der Waals surface area contributed by atoms with Crippen molar-refractivity contribution in [3.05, 3.63) is 89.0 Å². The van der Waals surface area contributed by atoms with E-state index in [1.807, 2.05) is 36.6 Å². The first-order valence-corrected chi connectivity index (χ1v) is 13.5. The largest absolute Gasteiger partial charge is 0.488 e. The van der Waals surface area contributed by atoms with Crippen LogP contribution in [0.15, 0.2) is 76.5 Å². The summed E-state index contributed by atoms with van der Waals surface area (Å²) >= 11 is 0. The standard InChI is InChI=1S/C24H26N2O3S2/c1-30(25)22-10-7-18(8-11-22)17-29-23-12-9-19(13-24(23)31(2,27)28)14-26-15-20-5-3-4-6-21(20)16-26/h3-13,25H,14-17H2,1-2H3. The van der Waals surface area contributed by atoms with Gasteiger partial charge < -0.3 is 4.74 Å². The molecule has 1 aliphatic heterocycles. The highest BCUT2D eigenvalue weighted by molar-refractivity contribution is 7.90. The van der Waals surface area contributed by atoms with E-state index in [0.717, 1.165) is 29.1 Å². The molecule has 1 atom stereocenters. The van der Waals surface area contributed by atoms with Crippen molar-refractivity contribution >= 4 is 20.5 Å². The van der Waals surface area contributed by atoms with Crippen molar-refractivity contribution in [3.8, 4) is 5.75 Å². The van der Waals surface area contributed by atoms with Gasteiger partial charge in [0, 0.05) is 30.8 Å². The normalized spacial score (nSPS) is 14.9. The molecule has 0 aliphatic carbocycles. The van der Waals surface area contributed by atoms with E-state index in [9.17, 15) is 8.42 Å². The molecule has 31 heavy (non-hydrogen) atoms. The van der Waals surface area contributed by atoms with E-state index >= 15 is 0 Å². The van der Waals surface area contributed by atoms with E-state index in [4.69, 9.17) is 9.52 Å². The van der Waals surface area contributed by atoms with Crippen LogP contribution in [0.3, 0.4) is 0 Å². The molecule has 0 spiro atoms. The van der Waals surface area contributed by atoms with E-state index in [1.54, 1.807) is 12.1 Å². The van der Waals surface area contributed by atoms with Gasteiger partial charge in [-0.2, -0.15) is 0 Å². The average molecular weight is 455 g/mol. The Morgan fingerprint density at radius 3 is 2.16 bits per heavy atom. The number of sulfone groups is 1. The summed E-state index contributed by atoms with van der Waals surface area (Å²) in [6.45, 7) is 2.70. The zero-order valence-corrected chi connectivity index (χ0v) is 19.3. The minimum absolute atomic E-state index is 0.222. The van der Waals surface area contributed by atoms with Gasteiger partial charge in [-0.05, 0) is 52.8 Å². The number of benzene rings is 3. The summed E-state index contributed by atoms with van der Waals surface area (Å²) in [5.74, 6) is 0.371. The van der Waals surface area contributed by atoms with Gasteiger partial charge in [0.1, 0.15) is 17.3 Å². The fraction of sp³-hybridized carbons (Fsp3) is 0.250. The predicted molar refractivity (Wildman–Crippen MR) is 124 cm³/mol. The summed E-state index contributed by atoms with van der Waals surface area (Å²) < 4.78 is 38.6. The molecule has 0 saturated carbocycles. The Labute approximate surface area is 186 Å². The molecule has 0 fully saturated rings. The number of fused-ring (bicyclic) bond motifs is 1. The smallest absolute Gasteiger partial charge is 0.179 e. The van der Waals surface area contributed by atoms with Gasteiger partial charge in [0.15, 0.2) is 9.84 Å². The minimum Gasteiger partial charge on any atom is -0.488 e. The number of nitrogens with zero attached hydrogens (tertiary/aromatic N) is 1. The third-order valence-corrected chi connectivity index (χ3v) is 7.49. The zero-order chi connectivity index (χ0) is 22.0. The molecule has 0 saturated heterocycles. The molecule has 1 unspecified atom stereocenters. The Bertz CT molecular complexity index is 1200. The van der Waals surface area contributed by atoms with Crippen LogP contribution in [-0.4, -0.2) is 25.8 Å². The Hall–Kier alpha value is -2.48. The Morgan fingerprint density at radius 2 is 1.58 bits per heavy atom. The number of ether oxygens (including phenoxy) is 1. The first-order chi connectivity index (χ1) is 14.8. The predicted octanol–water partition coefficient (Wildman–Crippen LogP) is 4.55. The zero-order valence-electron chi connectivity index (χ0n) is 17.7. The molecule has 1 aliphatic rings. The molecule has 7 heteroatoms. The Kier molecular flexibility index (Phi) is 6.27. The molecule has 0 aromatic heterocycles. The van der Waals surface area contributed by atoms with Crippen LogP contribution in [0.5, 0.6) is 5.75 Å². The Balaban J connectivity index is 1.49. The highest BCUT2D eigenvalue weighted by Gasteiger charge is 2.20. The summed E-state index contributed by atoms with van der Waals surface area (Å²) in [6, 6.07) is 21.5. The lowest BCUT2D eigenvalue weighted by atomic mass is 10.1. The van der Waals surface area contributed by atoms with Crippen molar-refractivity contribution in [1.82, 2.24) is 4.90 Å². The van der Waals surface area contributed by atoms with Crippen LogP contribution in [0.25, 0.3) is 0 Å². The highest BCUT2D eigenvalue weighted by atomic mass is 32.2. The first-order valence-electron chi connectivity index (χ1n) is 10.0. The molecule has 3 aromatic carbocycles. The summed E-state index contributed by atoms with van der Waals surface area (Å²) in [5.41, 5.74) is 4.55. The van der Waals surface area contributed by atoms with Crippen molar-refractivity contribution in [2.75, 3.05) is 12.5 Å². The Morgan fingerprint density at radius 1 is 0.968 bits per heavy atom. The SMILES string of the molecule is CS(=N)c1ccc(COc2ccc(CN3Cc4ccccc4C3)cc2S(C)(=O)=O)cc1. The van der Waals surface area contributed by atoms with Crippen molar-refractivity contribution in [3.63, 3.8) is 0 Å². The lowest BCUT2D eigenvalue weighted by Gasteiger charge is -2.17. The van der Waals surface area contributed by atoms with Crippen LogP contribution >= 0.6 is 0 Å². The van der Waals surface area contributed by atoms with E-state index in [1.165, 1.54) is 17.4 Å². The molecular formula is C24H26N2O3S2. The highest BCUT2D eigenvalue weighted by Crippen LogP contribution is 2.29. The second kappa shape index (κ2) is 8.94. The van der Waals surface area contributed by atoms with Gasteiger partial charge in [-0.25, -0.2) is 8.42 Å². The second-order valence-electron chi connectivity index (χ2n) is 7.91. The molecule has 1 heterocycles. The van der Waals surface area contributed by atoms with E-state index in [2.05, 4.69) is 29.2 Å². The van der Waals surface area contributed by atoms with Crippen LogP contribution in [0.2, 0.25) is 0 Å². The van der Waals surface area contributed by atoms with E-state index in [0.29, 0.717) is 12.3 Å². The number of rotatable bonds is 7. The monoisotopic (exact) mass is 454 g/mol. The molecule has 0 bridgehead atoms. The summed E-state index contributed by atoms with van der Waals surface area (Å²) in [4.78, 5) is 3.50. The molecule has 0 radical (unpaired) electrons. The fourth-order valence-electron chi connectivity index (χ4n) is 3.78. The molecule has 4 rings (SSSR count). The maximum atomic E-state index is 12.4. The van der Waals surface area contributed by atoms with E-state index in [-0.39, 0.29) is 11.5 Å². The van der Waals surface area contributed by atoms with Crippen LogP contribution in [0.4, 0.5) is 0 Å². The van der Waals surface area contributed by atoms with Gasteiger partial charge >= 0.3 is 0 Å². The molecule has 162 valence electrons. The van der Waals surface area contributed by atoms with Crippen molar-refractivity contribution in [2.24, 2.45) is 0 Å². The molecule has 1 N–H and O–H groups in total. The van der Waals surface area contributed by atoms with Gasteiger partial charge in [-0.3, -0.25) is 9.68 Å². The molecule has 3 aromatic rings. The average Bonchev–Trinajstić information content (AvgIpc) is 3.14. The summed E-state index contributed by atoms with van der Waals surface area (Å²) in [6.07, 6.45) is 3.07. The lowest BCUT2D eigenvalue weighted by molar-refractivity contribution is 0.274. The van der Waals surface area contributed by atoms with Crippen molar-refractivity contribution in [2.45, 2.75) is 36.0 Å². The third-order valence-electron chi connectivity index (χ3n) is 5.39. The molecule has 5 nitrogen and oxygen atoms in total. The summed E-state index contributed by atoms with van der Waals surface area (Å²) in [5, 5.41) is 0. The molecular weight excluding hydrogens is 428 g/mol. The number of nitrogens with one attached hydrogen (secondary N) is 1.